The number of para-hydroxylation sites is 1. The predicted octanol–water partition coefficient (Wildman–Crippen LogP) is 6.36. The van der Waals surface area contributed by atoms with Gasteiger partial charge >= 0.3 is 12.0 Å². The van der Waals surface area contributed by atoms with Crippen molar-refractivity contribution in [2.24, 2.45) is 0 Å². The number of hydrogen-bond acceptors (Lipinski definition) is 7. The van der Waals surface area contributed by atoms with Crippen LogP contribution in [-0.2, 0) is 20.7 Å². The van der Waals surface area contributed by atoms with Crippen molar-refractivity contribution in [3.63, 3.8) is 0 Å². The van der Waals surface area contributed by atoms with E-state index in [-0.39, 0.29) is 24.3 Å². The van der Waals surface area contributed by atoms with Gasteiger partial charge in [0.05, 0.1) is 18.7 Å². The lowest BCUT2D eigenvalue weighted by molar-refractivity contribution is -0.142. The van der Waals surface area contributed by atoms with Crippen LogP contribution in [0.5, 0.6) is 0 Å². The first-order chi connectivity index (χ1) is 18.5. The molecule has 0 aliphatic rings. The van der Waals surface area contributed by atoms with E-state index in [0.29, 0.717) is 28.8 Å². The van der Waals surface area contributed by atoms with Crippen LogP contribution in [0, 0.1) is 0 Å². The van der Waals surface area contributed by atoms with Gasteiger partial charge < -0.3 is 20.7 Å². The largest absolute Gasteiger partial charge is 0.466 e. The number of rotatable bonds is 10. The van der Waals surface area contributed by atoms with E-state index in [1.165, 1.54) is 23.1 Å². The third-order valence-electron chi connectivity index (χ3n) is 5.15. The smallest absolute Gasteiger partial charge is 0.323 e. The SMILES string of the molecule is CCOC(=O)Cc1csc(NC(=O)C(Sc2ccc(NC(=O)Nc3ccccc3)cc2)c2ccccc2)n1. The van der Waals surface area contributed by atoms with Gasteiger partial charge in [-0.25, -0.2) is 9.78 Å². The van der Waals surface area contributed by atoms with Crippen molar-refractivity contribution >= 4 is 57.5 Å². The lowest BCUT2D eigenvalue weighted by atomic mass is 10.1. The number of aromatic nitrogens is 1. The molecule has 0 radical (unpaired) electrons. The molecule has 0 aliphatic heterocycles. The molecule has 4 aromatic rings. The molecule has 4 rings (SSSR count). The fourth-order valence-corrected chi connectivity index (χ4v) is 5.18. The Morgan fingerprint density at radius 1 is 0.868 bits per heavy atom. The summed E-state index contributed by atoms with van der Waals surface area (Å²) in [5.41, 5.74) is 2.71. The number of thiazole rings is 1. The number of nitrogens with one attached hydrogen (secondary N) is 3. The second-order valence-electron chi connectivity index (χ2n) is 7.99. The first kappa shape index (κ1) is 26.9. The molecule has 0 bridgehead atoms. The summed E-state index contributed by atoms with van der Waals surface area (Å²) in [7, 11) is 0. The van der Waals surface area contributed by atoms with Crippen molar-refractivity contribution < 1.29 is 19.1 Å². The number of nitrogens with zero attached hydrogens (tertiary/aromatic N) is 1. The fourth-order valence-electron chi connectivity index (χ4n) is 3.45. The summed E-state index contributed by atoms with van der Waals surface area (Å²) in [5, 5.41) is 10.1. The van der Waals surface area contributed by atoms with Crippen LogP contribution in [0.3, 0.4) is 0 Å². The van der Waals surface area contributed by atoms with E-state index >= 15 is 0 Å². The number of carbonyl (C=O) groups excluding carboxylic acids is 3. The van der Waals surface area contributed by atoms with Gasteiger partial charge in [0.1, 0.15) is 5.25 Å². The van der Waals surface area contributed by atoms with E-state index in [0.717, 1.165) is 10.5 Å². The highest BCUT2D eigenvalue weighted by Gasteiger charge is 2.23. The Kier molecular flexibility index (Phi) is 9.49. The summed E-state index contributed by atoms with van der Waals surface area (Å²) in [6.07, 6.45) is 0.0564. The molecule has 0 saturated heterocycles. The van der Waals surface area contributed by atoms with Crippen LogP contribution in [0.25, 0.3) is 0 Å². The molecule has 1 unspecified atom stereocenters. The maximum absolute atomic E-state index is 13.3. The first-order valence-electron chi connectivity index (χ1n) is 11.9. The maximum Gasteiger partial charge on any atom is 0.323 e. The molecule has 0 spiro atoms. The monoisotopic (exact) mass is 546 g/mol. The van der Waals surface area contributed by atoms with Gasteiger partial charge in [-0.2, -0.15) is 0 Å². The first-order valence-corrected chi connectivity index (χ1v) is 13.6. The Hall–Kier alpha value is -4.15. The molecule has 1 heterocycles. The van der Waals surface area contributed by atoms with E-state index in [1.807, 2.05) is 60.7 Å². The molecule has 0 fully saturated rings. The lowest BCUT2D eigenvalue weighted by Crippen LogP contribution is -2.19. The van der Waals surface area contributed by atoms with Crippen molar-refractivity contribution in [2.45, 2.75) is 23.5 Å². The van der Waals surface area contributed by atoms with Crippen LogP contribution in [0.4, 0.5) is 21.3 Å². The van der Waals surface area contributed by atoms with Gasteiger partial charge in [0.2, 0.25) is 5.91 Å². The number of urea groups is 1. The van der Waals surface area contributed by atoms with Crippen LogP contribution in [-0.4, -0.2) is 29.5 Å². The third-order valence-corrected chi connectivity index (χ3v) is 7.22. The number of carbonyl (C=O) groups is 3. The van der Waals surface area contributed by atoms with E-state index in [4.69, 9.17) is 4.74 Å². The van der Waals surface area contributed by atoms with E-state index in [2.05, 4.69) is 20.9 Å². The molecule has 0 aliphatic carbocycles. The predicted molar refractivity (Wildman–Crippen MR) is 152 cm³/mol. The quantitative estimate of drug-likeness (QED) is 0.158. The summed E-state index contributed by atoms with van der Waals surface area (Å²) in [5.74, 6) is -0.591. The molecule has 0 saturated carbocycles. The Balaban J connectivity index is 1.41. The molecule has 10 heteroatoms. The van der Waals surface area contributed by atoms with Gasteiger partial charge in [-0.15, -0.1) is 23.1 Å². The Morgan fingerprint density at radius 2 is 1.50 bits per heavy atom. The topological polar surface area (TPSA) is 109 Å². The molecule has 8 nitrogen and oxygen atoms in total. The molecule has 3 aromatic carbocycles. The molecular formula is C28H26N4O4S2. The second kappa shape index (κ2) is 13.4. The molecule has 38 heavy (non-hydrogen) atoms. The zero-order valence-corrected chi connectivity index (χ0v) is 22.2. The van der Waals surface area contributed by atoms with Crippen LogP contribution >= 0.6 is 23.1 Å². The van der Waals surface area contributed by atoms with E-state index in [9.17, 15) is 14.4 Å². The summed E-state index contributed by atoms with van der Waals surface area (Å²) in [6, 6.07) is 25.6. The minimum Gasteiger partial charge on any atom is -0.466 e. The normalized spacial score (nSPS) is 11.3. The zero-order valence-electron chi connectivity index (χ0n) is 20.5. The van der Waals surface area contributed by atoms with Gasteiger partial charge in [-0.05, 0) is 48.9 Å². The minimum absolute atomic E-state index is 0.0564. The highest BCUT2D eigenvalue weighted by molar-refractivity contribution is 8.00. The molecule has 194 valence electrons. The Morgan fingerprint density at radius 3 is 2.16 bits per heavy atom. The molecule has 1 atom stereocenters. The fraction of sp³-hybridized carbons (Fsp3) is 0.143. The average Bonchev–Trinajstić information content (AvgIpc) is 3.35. The number of benzene rings is 3. The summed E-state index contributed by atoms with van der Waals surface area (Å²) in [6.45, 7) is 2.05. The van der Waals surface area contributed by atoms with Gasteiger partial charge in [-0.3, -0.25) is 9.59 Å². The van der Waals surface area contributed by atoms with Crippen molar-refractivity contribution in [1.82, 2.24) is 4.98 Å². The number of amides is 3. The maximum atomic E-state index is 13.3. The summed E-state index contributed by atoms with van der Waals surface area (Å²) >= 11 is 2.64. The number of thioether (sulfide) groups is 1. The number of ether oxygens (including phenoxy) is 1. The van der Waals surface area contributed by atoms with Crippen molar-refractivity contribution in [3.8, 4) is 0 Å². The van der Waals surface area contributed by atoms with Crippen molar-refractivity contribution in [1.29, 1.82) is 0 Å². The zero-order chi connectivity index (χ0) is 26.7. The second-order valence-corrected chi connectivity index (χ2v) is 10.0. The summed E-state index contributed by atoms with van der Waals surface area (Å²) in [4.78, 5) is 42.5. The van der Waals surface area contributed by atoms with Crippen LogP contribution < -0.4 is 16.0 Å². The van der Waals surface area contributed by atoms with Gasteiger partial charge in [-0.1, -0.05) is 48.5 Å². The van der Waals surface area contributed by atoms with Crippen molar-refractivity contribution in [3.05, 3.63) is 102 Å². The van der Waals surface area contributed by atoms with Gasteiger partial charge in [0.15, 0.2) is 5.13 Å². The molecule has 1 aromatic heterocycles. The van der Waals surface area contributed by atoms with Crippen LogP contribution in [0.15, 0.2) is 95.2 Å². The minimum atomic E-state index is -0.547. The van der Waals surface area contributed by atoms with Crippen LogP contribution in [0.2, 0.25) is 0 Å². The van der Waals surface area contributed by atoms with Gasteiger partial charge in [0, 0.05) is 21.7 Å². The van der Waals surface area contributed by atoms with Crippen LogP contribution in [0.1, 0.15) is 23.4 Å². The summed E-state index contributed by atoms with van der Waals surface area (Å²) < 4.78 is 4.96. The molecule has 3 amide bonds. The Labute approximate surface area is 228 Å². The van der Waals surface area contributed by atoms with Gasteiger partial charge in [0.25, 0.3) is 0 Å². The molecule has 3 N–H and O–H groups in total. The molecular weight excluding hydrogens is 520 g/mol. The number of anilines is 3. The van der Waals surface area contributed by atoms with E-state index in [1.54, 1.807) is 36.6 Å². The number of hydrogen-bond donors (Lipinski definition) is 3. The van der Waals surface area contributed by atoms with Crippen molar-refractivity contribution in [2.75, 3.05) is 22.6 Å². The lowest BCUT2D eigenvalue weighted by Gasteiger charge is -2.16. The highest BCUT2D eigenvalue weighted by Crippen LogP contribution is 2.37. The highest BCUT2D eigenvalue weighted by atomic mass is 32.2. The average molecular weight is 547 g/mol. The van der Waals surface area contributed by atoms with E-state index < -0.39 is 5.25 Å². The number of esters is 1. The Bertz CT molecular complexity index is 1360. The third kappa shape index (κ3) is 7.92. The standard InChI is InChI=1S/C28H26N4O4S2/c1-2-36-24(33)17-22-18-37-28(31-22)32-26(34)25(19-9-5-3-6-10-19)38-23-15-13-21(14-16-23)30-27(35)29-20-11-7-4-8-12-20/h3-16,18,25H,2,17H2,1H3,(H2,29,30,35)(H,31,32,34).